The van der Waals surface area contributed by atoms with Gasteiger partial charge in [-0.05, 0) is 33.2 Å². The number of aliphatic hydroxyl groups is 7. The van der Waals surface area contributed by atoms with Gasteiger partial charge in [0.25, 0.3) is 0 Å². The molecule has 1 saturated carbocycles. The van der Waals surface area contributed by atoms with Crippen molar-refractivity contribution in [3.8, 4) is 0 Å². The number of carboxylic acid groups (broad SMARTS) is 3. The first kappa shape index (κ1) is 55.9. The van der Waals surface area contributed by atoms with Crippen LogP contribution in [0.3, 0.4) is 0 Å². The first-order valence-corrected chi connectivity index (χ1v) is 20.5. The van der Waals surface area contributed by atoms with E-state index < -0.39 is 146 Å². The number of nitrogens with zero attached hydrogens (tertiary/aromatic N) is 2. The summed E-state index contributed by atoms with van der Waals surface area (Å²) in [5.41, 5.74) is 19.4. The number of amides is 3. The van der Waals surface area contributed by atoms with E-state index in [-0.39, 0.29) is 24.0 Å². The lowest BCUT2D eigenvalue weighted by Gasteiger charge is -2.45. The van der Waals surface area contributed by atoms with Gasteiger partial charge in [-0.15, -0.1) is 0 Å². The number of nitrogens with two attached hydrogens (primary N) is 4. The van der Waals surface area contributed by atoms with Crippen molar-refractivity contribution in [3.63, 3.8) is 0 Å². The molecule has 0 aromatic heterocycles. The summed E-state index contributed by atoms with van der Waals surface area (Å²) in [6.45, 7) is 0.620. The molecule has 0 bridgehead atoms. The van der Waals surface area contributed by atoms with E-state index in [1.165, 1.54) is 14.0 Å². The van der Waals surface area contributed by atoms with Crippen LogP contribution in [-0.4, -0.2) is 228 Å². The maximum absolute atomic E-state index is 12.1. The maximum Gasteiger partial charge on any atom is 0.326 e. The predicted molar refractivity (Wildman–Crippen MR) is 219 cm³/mol. The summed E-state index contributed by atoms with van der Waals surface area (Å²) in [6, 6.07) is -6.00. The van der Waals surface area contributed by atoms with Crippen LogP contribution in [0, 0.1) is 0 Å². The van der Waals surface area contributed by atoms with Crippen LogP contribution in [0.1, 0.15) is 45.4 Å². The molecular weight excluding hydrogens is 908 g/mol. The molecule has 5 saturated heterocycles. The quantitative estimate of drug-likeness (QED) is 0.0490. The van der Waals surface area contributed by atoms with Crippen molar-refractivity contribution >= 4 is 53.8 Å². The average Bonchev–Trinajstić information content (AvgIpc) is 4.07. The molecule has 0 radical (unpaired) electrons. The zero-order chi connectivity index (χ0) is 50.7. The third-order valence-electron chi connectivity index (χ3n) is 11.2. The van der Waals surface area contributed by atoms with E-state index >= 15 is 0 Å². The van der Waals surface area contributed by atoms with Gasteiger partial charge in [-0.25, -0.2) is 24.4 Å². The molecule has 1 aliphatic carbocycles. The third kappa shape index (κ3) is 14.3. The SMILES string of the molecule is CN[C@H]1[C@@H](O[C@@H]2[C@@H](O[C@H]3[C@H](O)[C@@H](O)[C@H](N=C(N)N)[C@@H](O)[C@@H]3N=C(N)N)O[C@H](C)[C@@]2(O)C=O)O[C@H](CO)[C@@H](O)[C@@H]1O.O=C1CC[C@@H](C(=O)O)N1.O=C1CC[C@@H](C(=O)O)N1.O=C1CC[C@@H](C(=O)O)N1. The fourth-order valence-electron chi connectivity index (χ4n) is 7.48. The minimum Gasteiger partial charge on any atom is -0.480 e. The fourth-order valence-corrected chi connectivity index (χ4v) is 7.48. The summed E-state index contributed by atoms with van der Waals surface area (Å²) in [7, 11) is 1.42. The fraction of sp³-hybridized carbons (Fsp3) is 0.750. The number of carboxylic acids is 3. The molecule has 18 atom stereocenters. The molecule has 0 aromatic rings. The van der Waals surface area contributed by atoms with Crippen molar-refractivity contribution < 1.29 is 104 Å². The van der Waals surface area contributed by atoms with Gasteiger partial charge in [0, 0.05) is 19.3 Å². The molecule has 31 nitrogen and oxygen atoms in total. The number of aliphatic imine (C=N–C) groups is 2. The molecule has 0 unspecified atom stereocenters. The summed E-state index contributed by atoms with van der Waals surface area (Å²) in [6.07, 6.45) is -15.0. The smallest absolute Gasteiger partial charge is 0.326 e. The Morgan fingerprint density at radius 1 is 0.716 bits per heavy atom. The summed E-state index contributed by atoms with van der Waals surface area (Å²) in [5, 5.41) is 109. The van der Waals surface area contributed by atoms with Gasteiger partial charge in [0.05, 0.1) is 18.8 Å². The van der Waals surface area contributed by atoms with Crippen molar-refractivity contribution in [2.45, 2.75) is 155 Å². The van der Waals surface area contributed by atoms with Gasteiger partial charge in [-0.3, -0.25) is 19.2 Å². The standard InChI is InChI=1S/C21H39N7O12.3C5H7NO3/c1-5-21(36,4-30)16(40-17-9(26-2)13(34)10(31)6(3-29)38-17)18(37-5)39-15-8(28-20(24)25)11(32)7(27-19(22)23)12(33)14(15)35;3*7-4-2-1-3(6-4)5(8)9/h4-18,26,29,31-36H,3H2,1-2H3,(H4,22,23,27)(H4,24,25,28);3*3H,1-2H2,(H,6,7)(H,8,9)/t5-,6-,7-,8+,9-,10-,11-,12+,13-,14-,15-,16-,17-,18-,21+;3*3-/m1000/s1. The molecule has 31 heteroatoms. The van der Waals surface area contributed by atoms with Gasteiger partial charge >= 0.3 is 17.9 Å². The van der Waals surface area contributed by atoms with E-state index in [0.717, 1.165) is 0 Å². The number of likely N-dealkylation sites (N-methyl/N-ethyl adjacent to an activating group) is 1. The van der Waals surface area contributed by atoms with E-state index in [1.54, 1.807) is 0 Å². The Kier molecular flexibility index (Phi) is 20.5. The number of carbonyl (C=O) groups excluding carboxylic acids is 4. The van der Waals surface area contributed by atoms with Crippen molar-refractivity contribution in [1.29, 1.82) is 0 Å². The summed E-state index contributed by atoms with van der Waals surface area (Å²) in [4.78, 5) is 81.2. The minimum atomic E-state index is -2.38. The van der Waals surface area contributed by atoms with Crippen LogP contribution in [0.2, 0.25) is 0 Å². The Balaban J connectivity index is 0.000000349. The van der Waals surface area contributed by atoms with Crippen molar-refractivity contribution in [2.24, 2.45) is 32.9 Å². The zero-order valence-corrected chi connectivity index (χ0v) is 36.0. The van der Waals surface area contributed by atoms with Gasteiger partial charge in [0.15, 0.2) is 36.4 Å². The van der Waals surface area contributed by atoms with Gasteiger partial charge in [-0.2, -0.15) is 0 Å². The molecule has 6 rings (SSSR count). The normalized spacial score (nSPS) is 38.7. The highest BCUT2D eigenvalue weighted by Crippen LogP contribution is 2.38. The molecule has 22 N–H and O–H groups in total. The number of ether oxygens (including phenoxy) is 4. The number of aldehydes is 1. The Labute approximate surface area is 379 Å². The van der Waals surface area contributed by atoms with Gasteiger partial charge in [0.1, 0.15) is 79.0 Å². The van der Waals surface area contributed by atoms with Crippen LogP contribution in [0.4, 0.5) is 0 Å². The number of nitrogens with one attached hydrogen (secondary N) is 4. The van der Waals surface area contributed by atoms with E-state index in [2.05, 4.69) is 31.3 Å². The number of hydrogen-bond donors (Lipinski definition) is 18. The molecule has 5 aliphatic heterocycles. The second-order valence-corrected chi connectivity index (χ2v) is 15.9. The van der Waals surface area contributed by atoms with Crippen molar-refractivity contribution in [1.82, 2.24) is 21.3 Å². The van der Waals surface area contributed by atoms with Crippen LogP contribution in [0.25, 0.3) is 0 Å². The number of guanidine groups is 2. The topological polar surface area (TPSA) is 536 Å². The first-order chi connectivity index (χ1) is 31.3. The van der Waals surface area contributed by atoms with Crippen LogP contribution < -0.4 is 44.2 Å². The van der Waals surface area contributed by atoms with Crippen LogP contribution in [0.15, 0.2) is 9.98 Å². The van der Waals surface area contributed by atoms with Crippen LogP contribution in [0.5, 0.6) is 0 Å². The number of hydrogen-bond acceptors (Lipinski definition) is 21. The Morgan fingerprint density at radius 2 is 1.16 bits per heavy atom. The molecule has 5 heterocycles. The predicted octanol–water partition coefficient (Wildman–Crippen LogP) is -10.1. The van der Waals surface area contributed by atoms with E-state index in [4.69, 9.17) is 57.2 Å². The molecule has 3 amide bonds. The summed E-state index contributed by atoms with van der Waals surface area (Å²) >= 11 is 0. The van der Waals surface area contributed by atoms with Gasteiger partial charge in [0.2, 0.25) is 17.7 Å². The molecule has 0 aromatic carbocycles. The van der Waals surface area contributed by atoms with Gasteiger partial charge in [-0.1, -0.05) is 0 Å². The lowest BCUT2D eigenvalue weighted by molar-refractivity contribution is -0.314. The number of carbonyl (C=O) groups is 7. The van der Waals surface area contributed by atoms with Crippen molar-refractivity contribution in [3.05, 3.63) is 0 Å². The maximum atomic E-state index is 12.1. The second kappa shape index (κ2) is 24.5. The summed E-state index contributed by atoms with van der Waals surface area (Å²) in [5.74, 6) is -4.36. The van der Waals surface area contributed by atoms with Crippen LogP contribution in [-0.2, 0) is 52.5 Å². The van der Waals surface area contributed by atoms with Crippen LogP contribution >= 0.6 is 0 Å². The second-order valence-electron chi connectivity index (χ2n) is 15.9. The number of aliphatic hydroxyl groups excluding tert-OH is 6. The van der Waals surface area contributed by atoms with E-state index in [9.17, 15) is 69.3 Å². The molecule has 67 heavy (non-hydrogen) atoms. The lowest BCUT2D eigenvalue weighted by atomic mass is 9.81. The molecule has 6 aliphatic rings. The highest BCUT2D eigenvalue weighted by atomic mass is 16.8. The zero-order valence-electron chi connectivity index (χ0n) is 36.0. The first-order valence-electron chi connectivity index (χ1n) is 20.5. The largest absolute Gasteiger partial charge is 0.480 e. The molecule has 380 valence electrons. The minimum absolute atomic E-state index is 0.140. The van der Waals surface area contributed by atoms with E-state index in [1.807, 2.05) is 0 Å². The van der Waals surface area contributed by atoms with Crippen molar-refractivity contribution in [2.75, 3.05) is 13.7 Å². The Hall–Kier alpha value is -5.45. The highest BCUT2D eigenvalue weighted by Gasteiger charge is 2.61. The Bertz CT molecular complexity index is 1740. The summed E-state index contributed by atoms with van der Waals surface area (Å²) < 4.78 is 22.9. The average molecular weight is 969 g/mol. The monoisotopic (exact) mass is 968 g/mol. The van der Waals surface area contributed by atoms with E-state index in [0.29, 0.717) is 38.5 Å². The molecule has 6 fully saturated rings. The molecular formula is C36H60N10O21. The lowest BCUT2D eigenvalue weighted by Crippen LogP contribution is -2.66. The van der Waals surface area contributed by atoms with Gasteiger partial charge < -0.3 is 114 Å². The Morgan fingerprint density at radius 3 is 1.51 bits per heavy atom. The highest BCUT2D eigenvalue weighted by molar-refractivity contribution is 5.88. The molecule has 0 spiro atoms. The number of rotatable bonds is 12. The third-order valence-corrected chi connectivity index (χ3v) is 11.2. The number of aliphatic carboxylic acids is 3.